The molecule has 0 aromatic heterocycles. The van der Waals surface area contributed by atoms with Crippen LogP contribution in [-0.2, 0) is 16.2 Å². The summed E-state index contributed by atoms with van der Waals surface area (Å²) >= 11 is 2.28. The standard InChI is InChI=1S/C30H32INO4/c1-3-15-32-22-11-7-13-24(33)28(22)27(29-23(32)12-8-14-25(29)34)20-16-21(31)30(26(17-20)35-2)36-18-19-9-5-4-6-10-19/h4-6,9-10,16-17,27H,3,7-8,11-15,18H2,1-2H3. The lowest BCUT2D eigenvalue weighted by molar-refractivity contribution is -0.117. The van der Waals surface area contributed by atoms with E-state index in [1.54, 1.807) is 7.11 Å². The zero-order valence-corrected chi connectivity index (χ0v) is 23.1. The maximum Gasteiger partial charge on any atom is 0.174 e. The second-order valence-corrected chi connectivity index (χ2v) is 10.8. The lowest BCUT2D eigenvalue weighted by Gasteiger charge is -2.44. The number of carbonyl (C=O) groups is 2. The molecule has 5 nitrogen and oxygen atoms in total. The highest BCUT2D eigenvalue weighted by Gasteiger charge is 2.43. The Labute approximate surface area is 226 Å². The van der Waals surface area contributed by atoms with Crippen molar-refractivity contribution >= 4 is 34.2 Å². The molecule has 3 aliphatic rings. The molecule has 5 rings (SSSR count). The molecule has 6 heteroatoms. The third-order valence-corrected chi connectivity index (χ3v) is 8.15. The van der Waals surface area contributed by atoms with Crippen molar-refractivity contribution in [2.75, 3.05) is 13.7 Å². The van der Waals surface area contributed by atoms with E-state index in [0.29, 0.717) is 30.9 Å². The van der Waals surface area contributed by atoms with Gasteiger partial charge < -0.3 is 14.4 Å². The van der Waals surface area contributed by atoms with E-state index < -0.39 is 0 Å². The summed E-state index contributed by atoms with van der Waals surface area (Å²) in [7, 11) is 1.64. The largest absolute Gasteiger partial charge is 0.493 e. The molecule has 0 bridgehead atoms. The highest BCUT2D eigenvalue weighted by atomic mass is 127. The number of methoxy groups -OCH3 is 1. The Hall–Kier alpha value is -2.61. The molecule has 2 aliphatic carbocycles. The number of ether oxygens (including phenoxy) is 2. The van der Waals surface area contributed by atoms with Gasteiger partial charge in [0.25, 0.3) is 0 Å². The van der Waals surface area contributed by atoms with Crippen molar-refractivity contribution in [2.45, 2.75) is 64.4 Å². The van der Waals surface area contributed by atoms with Gasteiger partial charge in [0, 0.05) is 47.8 Å². The molecule has 0 unspecified atom stereocenters. The van der Waals surface area contributed by atoms with Crippen LogP contribution in [0, 0.1) is 3.57 Å². The van der Waals surface area contributed by atoms with Crippen molar-refractivity contribution in [2.24, 2.45) is 0 Å². The van der Waals surface area contributed by atoms with Gasteiger partial charge in [-0.2, -0.15) is 0 Å². The zero-order valence-electron chi connectivity index (χ0n) is 20.9. The maximum absolute atomic E-state index is 13.4. The van der Waals surface area contributed by atoms with Gasteiger partial charge in [0.15, 0.2) is 23.1 Å². The van der Waals surface area contributed by atoms with E-state index in [1.807, 2.05) is 36.4 Å². The number of hydrogen-bond acceptors (Lipinski definition) is 5. The Bertz CT molecular complexity index is 1200. The summed E-state index contributed by atoms with van der Waals surface area (Å²) in [6.07, 6.45) is 5.56. The highest BCUT2D eigenvalue weighted by molar-refractivity contribution is 14.1. The molecule has 0 amide bonds. The molecule has 1 heterocycles. The van der Waals surface area contributed by atoms with Gasteiger partial charge in [-0.25, -0.2) is 0 Å². The topological polar surface area (TPSA) is 55.8 Å². The number of Topliss-reactive ketones (excluding diaryl/α,β-unsaturated/α-hetero) is 2. The molecule has 188 valence electrons. The van der Waals surface area contributed by atoms with Crippen LogP contribution >= 0.6 is 22.6 Å². The normalized spacial score (nSPS) is 18.4. The number of rotatable bonds is 7. The van der Waals surface area contributed by atoms with Crippen molar-refractivity contribution in [3.8, 4) is 11.5 Å². The molecule has 0 spiro atoms. The molecule has 0 fully saturated rings. The quantitative estimate of drug-likeness (QED) is 0.333. The summed E-state index contributed by atoms with van der Waals surface area (Å²) in [6, 6.07) is 14.1. The smallest absolute Gasteiger partial charge is 0.174 e. The maximum atomic E-state index is 13.4. The molecule has 0 radical (unpaired) electrons. The van der Waals surface area contributed by atoms with Crippen molar-refractivity contribution in [3.63, 3.8) is 0 Å². The van der Waals surface area contributed by atoms with Crippen LogP contribution in [0.15, 0.2) is 65.0 Å². The number of allylic oxidation sites excluding steroid dienone is 4. The molecule has 1 aliphatic heterocycles. The molecular weight excluding hydrogens is 565 g/mol. The summed E-state index contributed by atoms with van der Waals surface area (Å²) in [5, 5.41) is 0. The lowest BCUT2D eigenvalue weighted by Crippen LogP contribution is -2.39. The Balaban J connectivity index is 1.61. The molecular formula is C30H32INO4. The van der Waals surface area contributed by atoms with Crippen LogP contribution in [0.5, 0.6) is 11.5 Å². The van der Waals surface area contributed by atoms with E-state index in [-0.39, 0.29) is 17.5 Å². The van der Waals surface area contributed by atoms with Gasteiger partial charge in [-0.3, -0.25) is 9.59 Å². The van der Waals surface area contributed by atoms with Gasteiger partial charge in [0.05, 0.1) is 10.7 Å². The van der Waals surface area contributed by atoms with Crippen LogP contribution in [-0.4, -0.2) is 30.1 Å². The SMILES string of the molecule is CCCN1C2=C(C(=O)CCC2)C(c2cc(I)c(OCc3ccccc3)c(OC)c2)C2=C1CCCC2=O. The molecule has 2 aromatic rings. The van der Waals surface area contributed by atoms with Gasteiger partial charge in [-0.05, 0) is 78.0 Å². The lowest BCUT2D eigenvalue weighted by atomic mass is 9.71. The highest BCUT2D eigenvalue weighted by Crippen LogP contribution is 2.50. The van der Waals surface area contributed by atoms with E-state index in [9.17, 15) is 9.59 Å². The average molecular weight is 597 g/mol. The number of halogens is 1. The van der Waals surface area contributed by atoms with Crippen LogP contribution in [0.1, 0.15) is 68.9 Å². The van der Waals surface area contributed by atoms with Gasteiger partial charge in [0.2, 0.25) is 0 Å². The zero-order chi connectivity index (χ0) is 25.2. The average Bonchev–Trinajstić information content (AvgIpc) is 2.89. The number of benzene rings is 2. The van der Waals surface area contributed by atoms with Crippen LogP contribution in [0.2, 0.25) is 0 Å². The second kappa shape index (κ2) is 10.8. The first-order valence-corrected chi connectivity index (χ1v) is 14.0. The minimum absolute atomic E-state index is 0.172. The van der Waals surface area contributed by atoms with Gasteiger partial charge in [-0.1, -0.05) is 37.3 Å². The van der Waals surface area contributed by atoms with E-state index in [2.05, 4.69) is 40.5 Å². The van der Waals surface area contributed by atoms with E-state index >= 15 is 0 Å². The second-order valence-electron chi connectivity index (χ2n) is 9.67. The number of ketones is 2. The fourth-order valence-electron chi connectivity index (χ4n) is 5.82. The first kappa shape index (κ1) is 25.1. The predicted octanol–water partition coefficient (Wildman–Crippen LogP) is 6.70. The molecule has 2 aromatic carbocycles. The Morgan fingerprint density at radius 1 is 0.944 bits per heavy atom. The van der Waals surface area contributed by atoms with Crippen LogP contribution in [0.25, 0.3) is 0 Å². The Morgan fingerprint density at radius 3 is 2.17 bits per heavy atom. The van der Waals surface area contributed by atoms with Crippen molar-refractivity contribution in [1.29, 1.82) is 0 Å². The van der Waals surface area contributed by atoms with Crippen LogP contribution < -0.4 is 9.47 Å². The van der Waals surface area contributed by atoms with E-state index in [0.717, 1.165) is 75.9 Å². The van der Waals surface area contributed by atoms with Crippen molar-refractivity contribution in [1.82, 2.24) is 4.90 Å². The third kappa shape index (κ3) is 4.60. The summed E-state index contributed by atoms with van der Waals surface area (Å²) < 4.78 is 12.9. The van der Waals surface area contributed by atoms with Gasteiger partial charge in [-0.15, -0.1) is 0 Å². The molecule has 36 heavy (non-hydrogen) atoms. The van der Waals surface area contributed by atoms with Crippen LogP contribution in [0.3, 0.4) is 0 Å². The minimum Gasteiger partial charge on any atom is -0.493 e. The molecule has 0 saturated heterocycles. The Kier molecular flexibility index (Phi) is 7.51. The summed E-state index contributed by atoms with van der Waals surface area (Å²) in [4.78, 5) is 29.2. The fraction of sp³-hybridized carbons (Fsp3) is 0.400. The third-order valence-electron chi connectivity index (χ3n) is 7.34. The van der Waals surface area contributed by atoms with E-state index in [1.165, 1.54) is 0 Å². The van der Waals surface area contributed by atoms with Crippen molar-refractivity contribution in [3.05, 3.63) is 79.7 Å². The fourth-order valence-corrected chi connectivity index (χ4v) is 6.60. The first-order chi connectivity index (χ1) is 17.5. The summed E-state index contributed by atoms with van der Waals surface area (Å²) in [5.74, 6) is 1.31. The van der Waals surface area contributed by atoms with Gasteiger partial charge >= 0.3 is 0 Å². The van der Waals surface area contributed by atoms with Crippen LogP contribution in [0.4, 0.5) is 0 Å². The van der Waals surface area contributed by atoms with E-state index in [4.69, 9.17) is 9.47 Å². The molecule has 0 N–H and O–H groups in total. The number of carbonyl (C=O) groups excluding carboxylic acids is 2. The molecule has 0 saturated carbocycles. The predicted molar refractivity (Wildman–Crippen MR) is 148 cm³/mol. The minimum atomic E-state index is -0.339. The van der Waals surface area contributed by atoms with Gasteiger partial charge in [0.1, 0.15) is 6.61 Å². The molecule has 0 atom stereocenters. The Morgan fingerprint density at radius 2 is 1.58 bits per heavy atom. The number of hydrogen-bond donors (Lipinski definition) is 0. The summed E-state index contributed by atoms with van der Waals surface area (Å²) in [5.41, 5.74) is 5.91. The van der Waals surface area contributed by atoms with Crippen molar-refractivity contribution < 1.29 is 19.1 Å². The monoisotopic (exact) mass is 597 g/mol. The number of nitrogens with zero attached hydrogens (tertiary/aromatic N) is 1. The first-order valence-electron chi connectivity index (χ1n) is 12.9. The summed E-state index contributed by atoms with van der Waals surface area (Å²) in [6.45, 7) is 3.44.